The summed E-state index contributed by atoms with van der Waals surface area (Å²) < 4.78 is 0. The monoisotopic (exact) mass is 170 g/mol. The molecule has 0 saturated heterocycles. The minimum Gasteiger partial charge on any atom is -0.393 e. The average molecular weight is 170 g/mol. The highest BCUT2D eigenvalue weighted by molar-refractivity contribution is 4.85. The summed E-state index contributed by atoms with van der Waals surface area (Å²) in [7, 11) is 0. The lowest BCUT2D eigenvalue weighted by Crippen LogP contribution is -2.34. The van der Waals surface area contributed by atoms with Gasteiger partial charge in [0.2, 0.25) is 0 Å². The Morgan fingerprint density at radius 2 is 1.08 bits per heavy atom. The molecule has 0 aliphatic heterocycles. The van der Waals surface area contributed by atoms with Crippen LogP contribution in [0.5, 0.6) is 0 Å². The number of aliphatic hydroxyl groups is 2. The van der Waals surface area contributed by atoms with Crippen molar-refractivity contribution < 1.29 is 10.2 Å². The summed E-state index contributed by atoms with van der Waals surface area (Å²) in [5, 5.41) is 18.9. The van der Waals surface area contributed by atoms with Crippen LogP contribution in [0, 0.1) is 11.8 Å². The Morgan fingerprint density at radius 3 is 1.50 bits per heavy atom. The Kier molecular flexibility index (Phi) is 2.37. The fraction of sp³-hybridized carbons (Fsp3) is 1.00. The number of hydrogen-bond acceptors (Lipinski definition) is 2. The molecule has 0 heterocycles. The molecule has 2 nitrogen and oxygen atoms in total. The number of aliphatic hydroxyl groups excluding tert-OH is 2. The van der Waals surface area contributed by atoms with Crippen LogP contribution in [0.1, 0.15) is 38.5 Å². The zero-order valence-electron chi connectivity index (χ0n) is 7.45. The minimum atomic E-state index is -0.0542. The maximum atomic E-state index is 9.45. The first-order chi connectivity index (χ1) is 5.75. The summed E-state index contributed by atoms with van der Waals surface area (Å²) in [6, 6.07) is 0. The maximum Gasteiger partial charge on any atom is 0.0543 e. The SMILES string of the molecule is O[C@@H]1CC[C@@H]2C[C@@H](O)CC[C@@H]2C1. The van der Waals surface area contributed by atoms with Gasteiger partial charge < -0.3 is 10.2 Å². The van der Waals surface area contributed by atoms with Crippen molar-refractivity contribution >= 4 is 0 Å². The van der Waals surface area contributed by atoms with Gasteiger partial charge in [-0.15, -0.1) is 0 Å². The molecule has 0 bridgehead atoms. The molecule has 2 aliphatic rings. The number of hydrogen-bond donors (Lipinski definition) is 2. The Balaban J connectivity index is 1.94. The highest BCUT2D eigenvalue weighted by Gasteiger charge is 2.34. The largest absolute Gasteiger partial charge is 0.393 e. The van der Waals surface area contributed by atoms with Crippen molar-refractivity contribution in [3.63, 3.8) is 0 Å². The third-order valence-corrected chi connectivity index (χ3v) is 3.56. The topological polar surface area (TPSA) is 40.5 Å². The van der Waals surface area contributed by atoms with Crippen molar-refractivity contribution in [2.75, 3.05) is 0 Å². The van der Waals surface area contributed by atoms with Crippen LogP contribution >= 0.6 is 0 Å². The normalized spacial score (nSPS) is 48.5. The standard InChI is InChI=1S/C10H18O2/c11-9-3-1-7-5-10(12)4-2-8(7)6-9/h7-12H,1-6H2/t7-,8-,9-,10+/m1/s1. The van der Waals surface area contributed by atoms with Crippen LogP contribution in [0.25, 0.3) is 0 Å². The Morgan fingerprint density at radius 1 is 0.667 bits per heavy atom. The third-order valence-electron chi connectivity index (χ3n) is 3.56. The molecule has 0 aromatic rings. The van der Waals surface area contributed by atoms with E-state index >= 15 is 0 Å². The van der Waals surface area contributed by atoms with E-state index in [1.807, 2.05) is 0 Å². The molecule has 2 N–H and O–H groups in total. The van der Waals surface area contributed by atoms with Crippen LogP contribution in [0.4, 0.5) is 0 Å². The molecule has 70 valence electrons. The predicted molar refractivity (Wildman–Crippen MR) is 46.7 cm³/mol. The van der Waals surface area contributed by atoms with Gasteiger partial charge in [-0.3, -0.25) is 0 Å². The average Bonchev–Trinajstić information content (AvgIpc) is 2.05. The molecule has 12 heavy (non-hydrogen) atoms. The lowest BCUT2D eigenvalue weighted by atomic mass is 9.69. The van der Waals surface area contributed by atoms with Crippen LogP contribution in [0.2, 0.25) is 0 Å². The first kappa shape index (κ1) is 8.52. The van der Waals surface area contributed by atoms with E-state index in [-0.39, 0.29) is 12.2 Å². The number of fused-ring (bicyclic) bond motifs is 1. The first-order valence-electron chi connectivity index (χ1n) is 5.12. The molecule has 0 aromatic carbocycles. The molecule has 0 spiro atoms. The quantitative estimate of drug-likeness (QED) is 0.575. The Bertz CT molecular complexity index is 140. The fourth-order valence-corrected chi connectivity index (χ4v) is 2.84. The van der Waals surface area contributed by atoms with Crippen molar-refractivity contribution in [1.29, 1.82) is 0 Å². The van der Waals surface area contributed by atoms with Crippen molar-refractivity contribution in [1.82, 2.24) is 0 Å². The molecular formula is C10H18O2. The molecule has 2 heteroatoms. The molecule has 0 aromatic heterocycles. The van der Waals surface area contributed by atoms with Crippen LogP contribution in [0.3, 0.4) is 0 Å². The van der Waals surface area contributed by atoms with E-state index in [1.54, 1.807) is 0 Å². The van der Waals surface area contributed by atoms with Gasteiger partial charge in [0, 0.05) is 0 Å². The second-order valence-electron chi connectivity index (χ2n) is 4.45. The summed E-state index contributed by atoms with van der Waals surface area (Å²) in [5.41, 5.74) is 0. The highest BCUT2D eigenvalue weighted by atomic mass is 16.3. The van der Waals surface area contributed by atoms with E-state index < -0.39 is 0 Å². The Hall–Kier alpha value is -0.0800. The van der Waals surface area contributed by atoms with Gasteiger partial charge in [-0.1, -0.05) is 0 Å². The molecule has 2 rings (SSSR count). The van der Waals surface area contributed by atoms with Gasteiger partial charge >= 0.3 is 0 Å². The van der Waals surface area contributed by atoms with Crippen molar-refractivity contribution in [2.45, 2.75) is 50.7 Å². The molecule has 0 amide bonds. The van der Waals surface area contributed by atoms with E-state index in [4.69, 9.17) is 0 Å². The van der Waals surface area contributed by atoms with Crippen LogP contribution in [0.15, 0.2) is 0 Å². The second kappa shape index (κ2) is 3.35. The van der Waals surface area contributed by atoms with Gasteiger partial charge in [0.1, 0.15) is 0 Å². The van der Waals surface area contributed by atoms with Crippen LogP contribution in [-0.4, -0.2) is 22.4 Å². The summed E-state index contributed by atoms with van der Waals surface area (Å²) >= 11 is 0. The van der Waals surface area contributed by atoms with Crippen LogP contribution < -0.4 is 0 Å². The second-order valence-corrected chi connectivity index (χ2v) is 4.45. The van der Waals surface area contributed by atoms with Gasteiger partial charge in [0.15, 0.2) is 0 Å². The third kappa shape index (κ3) is 1.64. The van der Waals surface area contributed by atoms with Gasteiger partial charge in [-0.25, -0.2) is 0 Å². The summed E-state index contributed by atoms with van der Waals surface area (Å²) in [5.74, 6) is 1.41. The summed E-state index contributed by atoms with van der Waals surface area (Å²) in [6.07, 6.45) is 6.02. The summed E-state index contributed by atoms with van der Waals surface area (Å²) in [4.78, 5) is 0. The van der Waals surface area contributed by atoms with Crippen molar-refractivity contribution in [2.24, 2.45) is 11.8 Å². The lowest BCUT2D eigenvalue weighted by Gasteiger charge is -2.39. The summed E-state index contributed by atoms with van der Waals surface area (Å²) in [6.45, 7) is 0. The van der Waals surface area contributed by atoms with Gasteiger partial charge in [-0.05, 0) is 50.4 Å². The fourth-order valence-electron chi connectivity index (χ4n) is 2.84. The van der Waals surface area contributed by atoms with E-state index in [9.17, 15) is 10.2 Å². The smallest absolute Gasteiger partial charge is 0.0543 e. The van der Waals surface area contributed by atoms with E-state index in [2.05, 4.69) is 0 Å². The highest BCUT2D eigenvalue weighted by Crippen LogP contribution is 2.40. The molecule has 2 saturated carbocycles. The van der Waals surface area contributed by atoms with Crippen molar-refractivity contribution in [3.8, 4) is 0 Å². The predicted octanol–water partition coefficient (Wildman–Crippen LogP) is 1.31. The van der Waals surface area contributed by atoms with Gasteiger partial charge in [-0.2, -0.15) is 0 Å². The molecule has 2 fully saturated rings. The minimum absolute atomic E-state index is 0.0542. The molecular weight excluding hydrogens is 152 g/mol. The van der Waals surface area contributed by atoms with Gasteiger partial charge in [0.25, 0.3) is 0 Å². The zero-order valence-corrected chi connectivity index (χ0v) is 7.45. The molecule has 2 aliphatic carbocycles. The van der Waals surface area contributed by atoms with Gasteiger partial charge in [0.05, 0.1) is 12.2 Å². The van der Waals surface area contributed by atoms with E-state index in [1.165, 1.54) is 0 Å². The first-order valence-corrected chi connectivity index (χ1v) is 5.12. The molecule has 0 radical (unpaired) electrons. The van der Waals surface area contributed by atoms with Crippen LogP contribution in [-0.2, 0) is 0 Å². The van der Waals surface area contributed by atoms with E-state index in [0.29, 0.717) is 11.8 Å². The maximum absolute atomic E-state index is 9.45. The Labute approximate surface area is 73.6 Å². The molecule has 4 atom stereocenters. The lowest BCUT2D eigenvalue weighted by molar-refractivity contribution is 0.00480. The van der Waals surface area contributed by atoms with Crippen molar-refractivity contribution in [3.05, 3.63) is 0 Å². The van der Waals surface area contributed by atoms with E-state index in [0.717, 1.165) is 38.5 Å². The zero-order chi connectivity index (χ0) is 8.55. The number of rotatable bonds is 0. The molecule has 0 unspecified atom stereocenters.